The molecule has 0 radical (unpaired) electrons. The van der Waals surface area contributed by atoms with Gasteiger partial charge >= 0.3 is 29.6 Å². The molecule has 3 nitrogen and oxygen atoms in total. The molecule has 0 rings (SSSR count). The van der Waals surface area contributed by atoms with Gasteiger partial charge in [0.2, 0.25) is 0 Å². The van der Waals surface area contributed by atoms with Gasteiger partial charge in [-0.05, 0) is 12.8 Å². The van der Waals surface area contributed by atoms with E-state index in [2.05, 4.69) is 6.07 Å². The predicted octanol–water partition coefficient (Wildman–Crippen LogP) is -1.20. The van der Waals surface area contributed by atoms with Crippen LogP contribution in [0.3, 0.4) is 0 Å². The van der Waals surface area contributed by atoms with Crippen LogP contribution in [0.1, 0.15) is 33.5 Å². The largest absolute Gasteiger partial charge is 1.00 e. The molecule has 0 aromatic heterocycles. The van der Waals surface area contributed by atoms with Gasteiger partial charge in [0.1, 0.15) is 0 Å². The van der Waals surface area contributed by atoms with Gasteiger partial charge in [-0.3, -0.25) is 0 Å². The van der Waals surface area contributed by atoms with Crippen molar-refractivity contribution < 1.29 is 39.7 Å². The van der Waals surface area contributed by atoms with Crippen LogP contribution in [-0.4, -0.2) is 14.5 Å². The fraction of sp³-hybridized carbons (Fsp3) is 0.857. The molecule has 0 spiro atoms. The maximum absolute atomic E-state index is 10.1. The summed E-state index contributed by atoms with van der Waals surface area (Å²) in [5.74, 6) is 0.368. The van der Waals surface area contributed by atoms with E-state index in [0.717, 1.165) is 25.7 Å². The fourth-order valence-corrected chi connectivity index (χ4v) is 1.23. The summed E-state index contributed by atoms with van der Waals surface area (Å²) in [5.41, 5.74) is 0. The molecule has 0 aromatic carbocycles. The first-order chi connectivity index (χ1) is 5.27. The van der Waals surface area contributed by atoms with Crippen molar-refractivity contribution in [3.63, 3.8) is 0 Å². The van der Waals surface area contributed by atoms with Crippen LogP contribution < -0.4 is 29.6 Å². The summed E-state index contributed by atoms with van der Waals surface area (Å²) in [6.45, 7) is 0. The Labute approximate surface area is 99.6 Å². The van der Waals surface area contributed by atoms with E-state index in [4.69, 9.17) is 9.81 Å². The van der Waals surface area contributed by atoms with Crippen molar-refractivity contribution in [3.05, 3.63) is 0 Å². The van der Waals surface area contributed by atoms with E-state index in [0.29, 0.717) is 12.2 Å². The topological polar surface area (TPSA) is 61.1 Å². The molecule has 0 saturated carbocycles. The van der Waals surface area contributed by atoms with Crippen molar-refractivity contribution in [2.75, 3.05) is 5.75 Å². The van der Waals surface area contributed by atoms with E-state index in [9.17, 15) is 4.21 Å². The molecule has 1 atom stereocenters. The molecule has 0 amide bonds. The number of nitriles is 1. The SMILES string of the molecule is N#CCCCCCCS(=O)O.[H-].[Na+]. The zero-order chi connectivity index (χ0) is 8.53. The number of nitrogens with zero attached hydrogens (tertiary/aromatic N) is 1. The van der Waals surface area contributed by atoms with Crippen LogP contribution in [0.4, 0.5) is 0 Å². The molecule has 1 N–H and O–H groups in total. The van der Waals surface area contributed by atoms with Crippen molar-refractivity contribution in [2.45, 2.75) is 32.1 Å². The van der Waals surface area contributed by atoms with Crippen LogP contribution in [0, 0.1) is 11.3 Å². The summed E-state index contributed by atoms with van der Waals surface area (Å²) in [4.78, 5) is 0. The van der Waals surface area contributed by atoms with Crippen LogP contribution in [-0.2, 0) is 11.1 Å². The average molecular weight is 199 g/mol. The molecular weight excluding hydrogens is 185 g/mol. The maximum Gasteiger partial charge on any atom is 1.00 e. The third-order valence-electron chi connectivity index (χ3n) is 1.36. The molecule has 0 aliphatic heterocycles. The van der Waals surface area contributed by atoms with E-state index in [1.807, 2.05) is 0 Å². The van der Waals surface area contributed by atoms with Crippen molar-refractivity contribution in [3.8, 4) is 6.07 Å². The monoisotopic (exact) mass is 199 g/mol. The van der Waals surface area contributed by atoms with Crippen molar-refractivity contribution in [1.29, 1.82) is 5.26 Å². The van der Waals surface area contributed by atoms with Crippen molar-refractivity contribution >= 4 is 11.1 Å². The molecule has 0 fully saturated rings. The van der Waals surface area contributed by atoms with Gasteiger partial charge in [-0.15, -0.1) is 0 Å². The van der Waals surface area contributed by atoms with Gasteiger partial charge in [-0.2, -0.15) is 5.26 Å². The summed E-state index contributed by atoms with van der Waals surface area (Å²) in [7, 11) is 0. The Hall–Kier alpha value is 0.600. The Kier molecular flexibility index (Phi) is 14.6. The molecule has 66 valence electrons. The molecule has 1 unspecified atom stereocenters. The summed E-state index contributed by atoms with van der Waals surface area (Å²) < 4.78 is 18.5. The second kappa shape index (κ2) is 11.6. The van der Waals surface area contributed by atoms with E-state index in [1.54, 1.807) is 0 Å². The summed E-state index contributed by atoms with van der Waals surface area (Å²) in [6, 6.07) is 2.06. The predicted molar refractivity (Wildman–Crippen MR) is 45.4 cm³/mol. The fourth-order valence-electron chi connectivity index (χ4n) is 0.783. The van der Waals surface area contributed by atoms with Crippen LogP contribution in [0.15, 0.2) is 0 Å². The summed E-state index contributed by atoms with van der Waals surface area (Å²) >= 11 is -1.64. The standard InChI is InChI=1S/C7H13NO2S.Na.H/c8-6-4-2-1-3-5-7-11(9)10;;/h1-5,7H2,(H,9,10);;/q;+1;-1. The molecule has 12 heavy (non-hydrogen) atoms. The normalized spacial score (nSPS) is 11.3. The second-order valence-corrected chi connectivity index (χ2v) is 3.40. The summed E-state index contributed by atoms with van der Waals surface area (Å²) in [6.07, 6.45) is 4.24. The van der Waals surface area contributed by atoms with Crippen LogP contribution >= 0.6 is 0 Å². The van der Waals surface area contributed by atoms with E-state index in [-0.39, 0.29) is 31.0 Å². The number of hydrogen-bond acceptors (Lipinski definition) is 2. The van der Waals surface area contributed by atoms with Crippen LogP contribution in [0.5, 0.6) is 0 Å². The molecular formula is C7H14NNaO2S. The van der Waals surface area contributed by atoms with Crippen molar-refractivity contribution in [1.82, 2.24) is 0 Å². The molecule has 0 aromatic rings. The third-order valence-corrected chi connectivity index (χ3v) is 2.00. The number of unbranched alkanes of at least 4 members (excludes halogenated alkanes) is 4. The second-order valence-electron chi connectivity index (χ2n) is 2.35. The average Bonchev–Trinajstić information content (AvgIpc) is 1.96. The first kappa shape index (κ1) is 15.1. The minimum Gasteiger partial charge on any atom is -1.00 e. The Bertz CT molecular complexity index is 163. The molecule has 0 saturated heterocycles. The van der Waals surface area contributed by atoms with Crippen molar-refractivity contribution in [2.24, 2.45) is 0 Å². The Morgan fingerprint density at radius 3 is 2.42 bits per heavy atom. The van der Waals surface area contributed by atoms with E-state index < -0.39 is 11.1 Å². The number of rotatable bonds is 6. The molecule has 0 heterocycles. The quantitative estimate of drug-likeness (QED) is 0.332. The zero-order valence-electron chi connectivity index (χ0n) is 8.45. The minimum absolute atomic E-state index is 0. The zero-order valence-corrected chi connectivity index (χ0v) is 10.3. The first-order valence-corrected chi connectivity index (χ1v) is 4.99. The van der Waals surface area contributed by atoms with Gasteiger partial charge < -0.3 is 5.98 Å². The van der Waals surface area contributed by atoms with Gasteiger partial charge in [0, 0.05) is 12.2 Å². The Morgan fingerprint density at radius 1 is 1.33 bits per heavy atom. The van der Waals surface area contributed by atoms with Crippen LogP contribution in [0.25, 0.3) is 0 Å². The van der Waals surface area contributed by atoms with Crippen LogP contribution in [0.2, 0.25) is 0 Å². The molecule has 0 aliphatic carbocycles. The maximum atomic E-state index is 10.1. The van der Waals surface area contributed by atoms with Gasteiger partial charge in [0.05, 0.1) is 6.07 Å². The molecule has 0 bridgehead atoms. The number of hydrogen-bond donors (Lipinski definition) is 1. The minimum atomic E-state index is -1.64. The van der Waals surface area contributed by atoms with Gasteiger partial charge in [-0.25, -0.2) is 4.21 Å². The Balaban J connectivity index is -0.000000500. The smallest absolute Gasteiger partial charge is 1.00 e. The first-order valence-electron chi connectivity index (χ1n) is 3.72. The van der Waals surface area contributed by atoms with Gasteiger partial charge in [-0.1, -0.05) is 12.8 Å². The Morgan fingerprint density at radius 2 is 1.92 bits per heavy atom. The van der Waals surface area contributed by atoms with E-state index in [1.165, 1.54) is 0 Å². The van der Waals surface area contributed by atoms with E-state index >= 15 is 0 Å². The summed E-state index contributed by atoms with van der Waals surface area (Å²) in [5, 5.41) is 8.17. The molecule has 0 aliphatic rings. The van der Waals surface area contributed by atoms with Gasteiger partial charge in [0.15, 0.2) is 11.1 Å². The third kappa shape index (κ3) is 13.2. The molecule has 5 heteroatoms. The van der Waals surface area contributed by atoms with Gasteiger partial charge in [0.25, 0.3) is 0 Å².